The Morgan fingerprint density at radius 2 is 2.00 bits per heavy atom. The molecule has 130 valence electrons. The lowest BCUT2D eigenvalue weighted by Gasteiger charge is -2.17. The molecule has 3 amide bonds. The maximum atomic E-state index is 13.6. The number of carbonyl (C=O) groups is 2. The fraction of sp³-hybridized carbons (Fsp3) is 0.222. The van der Waals surface area contributed by atoms with Gasteiger partial charge in [0.05, 0.1) is 7.11 Å². The van der Waals surface area contributed by atoms with E-state index in [-0.39, 0.29) is 17.3 Å². The first-order chi connectivity index (χ1) is 12.1. The molecule has 1 heterocycles. The van der Waals surface area contributed by atoms with Crippen molar-refractivity contribution >= 4 is 23.3 Å². The summed E-state index contributed by atoms with van der Waals surface area (Å²) in [6.45, 7) is 0.533. The summed E-state index contributed by atoms with van der Waals surface area (Å²) in [5, 5.41) is 5.15. The first kappa shape index (κ1) is 16.8. The molecule has 1 atom stereocenters. The molecule has 2 aromatic carbocycles. The molecule has 1 saturated heterocycles. The van der Waals surface area contributed by atoms with E-state index in [4.69, 9.17) is 4.74 Å². The molecule has 0 aliphatic carbocycles. The van der Waals surface area contributed by atoms with Gasteiger partial charge in [0.2, 0.25) is 5.91 Å². The topological polar surface area (TPSA) is 70.7 Å². The smallest absolute Gasteiger partial charge is 0.319 e. The van der Waals surface area contributed by atoms with Crippen molar-refractivity contribution in [2.75, 3.05) is 23.9 Å². The highest BCUT2D eigenvalue weighted by molar-refractivity contribution is 6.02. The van der Waals surface area contributed by atoms with E-state index in [0.717, 1.165) is 11.8 Å². The van der Waals surface area contributed by atoms with Crippen LogP contribution in [-0.4, -0.2) is 31.6 Å². The number of carbonyl (C=O) groups excluding carboxylic acids is 2. The van der Waals surface area contributed by atoms with E-state index >= 15 is 0 Å². The number of para-hydroxylation sites is 1. The Balaban J connectivity index is 1.60. The van der Waals surface area contributed by atoms with Crippen LogP contribution in [0.2, 0.25) is 0 Å². The van der Waals surface area contributed by atoms with Crippen LogP contribution < -0.4 is 20.3 Å². The fourth-order valence-corrected chi connectivity index (χ4v) is 2.75. The van der Waals surface area contributed by atoms with Crippen molar-refractivity contribution in [3.8, 4) is 5.75 Å². The molecule has 0 aromatic heterocycles. The molecule has 0 saturated carbocycles. The molecule has 3 rings (SSSR count). The number of ether oxygens (including phenoxy) is 1. The molecule has 1 aliphatic heterocycles. The van der Waals surface area contributed by atoms with Gasteiger partial charge < -0.3 is 20.3 Å². The quantitative estimate of drug-likeness (QED) is 0.897. The zero-order valence-electron chi connectivity index (χ0n) is 13.7. The van der Waals surface area contributed by atoms with Crippen molar-refractivity contribution < 1.29 is 18.7 Å². The van der Waals surface area contributed by atoms with Crippen molar-refractivity contribution in [3.05, 3.63) is 54.3 Å². The predicted molar refractivity (Wildman–Crippen MR) is 92.3 cm³/mol. The number of amides is 3. The zero-order chi connectivity index (χ0) is 17.8. The standard InChI is InChI=1S/C18H18FN3O3/c1-25-16-8-7-12(11-14(16)19)20-18(24)21-15-9-10-22(17(15)23)13-5-3-2-4-6-13/h2-8,11,15H,9-10H2,1H3,(H2,20,21,24). The Labute approximate surface area is 144 Å². The van der Waals surface area contributed by atoms with E-state index in [0.29, 0.717) is 13.0 Å². The lowest BCUT2D eigenvalue weighted by molar-refractivity contribution is -0.118. The first-order valence-corrected chi connectivity index (χ1v) is 7.86. The molecule has 1 fully saturated rings. The summed E-state index contributed by atoms with van der Waals surface area (Å²) < 4.78 is 18.5. The zero-order valence-corrected chi connectivity index (χ0v) is 13.7. The summed E-state index contributed by atoms with van der Waals surface area (Å²) in [7, 11) is 1.36. The first-order valence-electron chi connectivity index (χ1n) is 7.86. The Morgan fingerprint density at radius 3 is 2.68 bits per heavy atom. The number of methoxy groups -OCH3 is 1. The number of nitrogens with one attached hydrogen (secondary N) is 2. The molecule has 0 radical (unpaired) electrons. The minimum atomic E-state index is -0.608. The average Bonchev–Trinajstić information content (AvgIpc) is 2.96. The lowest BCUT2D eigenvalue weighted by Crippen LogP contribution is -2.43. The summed E-state index contributed by atoms with van der Waals surface area (Å²) in [5.74, 6) is -0.648. The van der Waals surface area contributed by atoms with E-state index in [2.05, 4.69) is 10.6 Å². The van der Waals surface area contributed by atoms with Gasteiger partial charge in [0.25, 0.3) is 0 Å². The van der Waals surface area contributed by atoms with Crippen LogP contribution in [0.4, 0.5) is 20.6 Å². The number of anilines is 2. The number of nitrogens with zero attached hydrogens (tertiary/aromatic N) is 1. The summed E-state index contributed by atoms with van der Waals surface area (Å²) >= 11 is 0. The second-order valence-corrected chi connectivity index (χ2v) is 5.61. The average molecular weight is 343 g/mol. The molecule has 6 nitrogen and oxygen atoms in total. The highest BCUT2D eigenvalue weighted by atomic mass is 19.1. The molecule has 7 heteroatoms. The molecule has 1 aliphatic rings. The van der Waals surface area contributed by atoms with E-state index in [1.54, 1.807) is 4.90 Å². The molecular weight excluding hydrogens is 325 g/mol. The van der Waals surface area contributed by atoms with Gasteiger partial charge in [0.15, 0.2) is 11.6 Å². The van der Waals surface area contributed by atoms with Crippen molar-refractivity contribution in [1.29, 1.82) is 0 Å². The van der Waals surface area contributed by atoms with Crippen molar-refractivity contribution in [1.82, 2.24) is 5.32 Å². The van der Waals surface area contributed by atoms with E-state index < -0.39 is 17.9 Å². The molecule has 0 spiro atoms. The molecule has 1 unspecified atom stereocenters. The lowest BCUT2D eigenvalue weighted by atomic mass is 10.2. The normalized spacial score (nSPS) is 16.6. The summed E-state index contributed by atoms with van der Waals surface area (Å²) in [6, 6.07) is 12.2. The molecule has 0 bridgehead atoms. The summed E-state index contributed by atoms with van der Waals surface area (Å²) in [5.41, 5.74) is 1.08. The minimum absolute atomic E-state index is 0.0930. The highest BCUT2D eigenvalue weighted by Gasteiger charge is 2.33. The molecular formula is C18H18FN3O3. The SMILES string of the molecule is COc1ccc(NC(=O)NC2CCN(c3ccccc3)C2=O)cc1F. The van der Waals surface area contributed by atoms with Crippen LogP contribution in [0.3, 0.4) is 0 Å². The third-order valence-corrected chi connectivity index (χ3v) is 3.99. The van der Waals surface area contributed by atoms with Gasteiger partial charge >= 0.3 is 6.03 Å². The van der Waals surface area contributed by atoms with Gasteiger partial charge in [-0.1, -0.05) is 18.2 Å². The van der Waals surface area contributed by atoms with Crippen LogP contribution in [-0.2, 0) is 4.79 Å². The second kappa shape index (κ2) is 7.21. The van der Waals surface area contributed by atoms with E-state index in [1.807, 2.05) is 30.3 Å². The van der Waals surface area contributed by atoms with Crippen LogP contribution in [0.1, 0.15) is 6.42 Å². The molecule has 2 aromatic rings. The van der Waals surface area contributed by atoms with E-state index in [9.17, 15) is 14.0 Å². The maximum absolute atomic E-state index is 13.6. The number of halogens is 1. The minimum Gasteiger partial charge on any atom is -0.494 e. The van der Waals surface area contributed by atoms with Crippen molar-refractivity contribution in [3.63, 3.8) is 0 Å². The van der Waals surface area contributed by atoms with Gasteiger partial charge in [-0.25, -0.2) is 9.18 Å². The van der Waals surface area contributed by atoms with Crippen molar-refractivity contribution in [2.45, 2.75) is 12.5 Å². The Hall–Kier alpha value is -3.09. The Kier molecular flexibility index (Phi) is 4.83. The van der Waals surface area contributed by atoms with Crippen LogP contribution in [0.15, 0.2) is 48.5 Å². The third-order valence-electron chi connectivity index (χ3n) is 3.99. The van der Waals surface area contributed by atoms with Crippen molar-refractivity contribution in [2.24, 2.45) is 0 Å². The van der Waals surface area contributed by atoms with Gasteiger partial charge in [-0.3, -0.25) is 4.79 Å². The number of benzene rings is 2. The number of hydrogen-bond donors (Lipinski definition) is 2. The molecule has 2 N–H and O–H groups in total. The van der Waals surface area contributed by atoms with Gasteiger partial charge in [-0.15, -0.1) is 0 Å². The Morgan fingerprint density at radius 1 is 1.24 bits per heavy atom. The summed E-state index contributed by atoms with van der Waals surface area (Å²) in [6.07, 6.45) is 0.512. The van der Waals surface area contributed by atoms with Crippen LogP contribution in [0.25, 0.3) is 0 Å². The van der Waals surface area contributed by atoms with Gasteiger partial charge in [-0.2, -0.15) is 0 Å². The maximum Gasteiger partial charge on any atom is 0.319 e. The fourth-order valence-electron chi connectivity index (χ4n) is 2.75. The largest absolute Gasteiger partial charge is 0.494 e. The molecule has 25 heavy (non-hydrogen) atoms. The van der Waals surface area contributed by atoms with Gasteiger partial charge in [0, 0.05) is 24.0 Å². The van der Waals surface area contributed by atoms with Gasteiger partial charge in [-0.05, 0) is 30.7 Å². The second-order valence-electron chi connectivity index (χ2n) is 5.61. The van der Waals surface area contributed by atoms with Crippen LogP contribution in [0.5, 0.6) is 5.75 Å². The predicted octanol–water partition coefficient (Wildman–Crippen LogP) is 2.76. The highest BCUT2D eigenvalue weighted by Crippen LogP contribution is 2.22. The number of urea groups is 1. The van der Waals surface area contributed by atoms with Crippen LogP contribution >= 0.6 is 0 Å². The number of hydrogen-bond acceptors (Lipinski definition) is 3. The monoisotopic (exact) mass is 343 g/mol. The van der Waals surface area contributed by atoms with Crippen LogP contribution in [0, 0.1) is 5.82 Å². The third kappa shape index (κ3) is 3.71. The summed E-state index contributed by atoms with van der Waals surface area (Å²) in [4.78, 5) is 26.2. The number of rotatable bonds is 4. The van der Waals surface area contributed by atoms with Gasteiger partial charge in [0.1, 0.15) is 6.04 Å². The van der Waals surface area contributed by atoms with E-state index in [1.165, 1.54) is 19.2 Å². The Bertz CT molecular complexity index is 782.